The van der Waals surface area contributed by atoms with Gasteiger partial charge in [-0.15, -0.1) is 0 Å². The number of hydrogen-bond acceptors (Lipinski definition) is 3. The van der Waals surface area contributed by atoms with Gasteiger partial charge in [-0.2, -0.15) is 5.84 Å². The first-order valence-electron chi connectivity index (χ1n) is 2.07. The Balaban J connectivity index is 3.70. The molecular formula is C4H8N2O2. The van der Waals surface area contributed by atoms with Crippen molar-refractivity contribution in [3.8, 4) is 0 Å². The molecule has 0 aromatic carbocycles. The van der Waals surface area contributed by atoms with Crippen LogP contribution in [0.2, 0.25) is 0 Å². The Morgan fingerprint density at radius 1 is 1.88 bits per heavy atom. The normalized spacial score (nSPS) is 16.8. The highest BCUT2D eigenvalue weighted by Gasteiger charge is 2.03. The van der Waals surface area contributed by atoms with Gasteiger partial charge in [-0.25, -0.2) is 9.55 Å². The van der Waals surface area contributed by atoms with Crippen molar-refractivity contribution in [2.75, 3.05) is 6.54 Å². The smallest absolute Gasteiger partial charge is 0.320 e. The van der Waals surface area contributed by atoms with E-state index in [1.165, 1.54) is 6.08 Å². The highest BCUT2D eigenvalue weighted by molar-refractivity contribution is 5.37. The lowest BCUT2D eigenvalue weighted by molar-refractivity contribution is -0.800. The van der Waals surface area contributed by atoms with Crippen LogP contribution in [0.15, 0.2) is 12.7 Å². The van der Waals surface area contributed by atoms with Crippen molar-refractivity contribution in [3.05, 3.63) is 17.9 Å². The molecule has 0 rings (SSSR count). The van der Waals surface area contributed by atoms with E-state index < -0.39 is 4.76 Å². The lowest BCUT2D eigenvalue weighted by Gasteiger charge is -2.26. The summed E-state index contributed by atoms with van der Waals surface area (Å²) in [7, 11) is 0. The number of carbonyl (C=O) groups excluding carboxylic acids is 1. The summed E-state index contributed by atoms with van der Waals surface area (Å²) in [5.41, 5.74) is 0. The van der Waals surface area contributed by atoms with E-state index in [1.807, 2.05) is 0 Å². The van der Waals surface area contributed by atoms with Crippen LogP contribution in [0.4, 0.5) is 0 Å². The third-order valence-electron chi connectivity index (χ3n) is 0.593. The summed E-state index contributed by atoms with van der Waals surface area (Å²) in [5.74, 6) is 4.77. The van der Waals surface area contributed by atoms with Crippen molar-refractivity contribution >= 4 is 6.41 Å². The number of nitrogens with two attached hydrogens (primary N) is 1. The van der Waals surface area contributed by atoms with Crippen LogP contribution < -0.4 is 5.84 Å². The lowest BCUT2D eigenvalue weighted by Crippen LogP contribution is -2.47. The minimum atomic E-state index is -1.39. The van der Waals surface area contributed by atoms with Crippen LogP contribution in [0.5, 0.6) is 0 Å². The topological polar surface area (TPSA) is 66.2 Å². The molecule has 0 aromatic rings. The maximum absolute atomic E-state index is 10.3. The van der Waals surface area contributed by atoms with Gasteiger partial charge in [0.05, 0.1) is 0 Å². The van der Waals surface area contributed by atoms with E-state index in [0.29, 0.717) is 0 Å². The second kappa shape index (κ2) is 2.56. The fraction of sp³-hybridized carbons (Fsp3) is 0.250. The number of hydrogen-bond donors (Lipinski definition) is 1. The molecule has 2 N–H and O–H groups in total. The Kier molecular flexibility index (Phi) is 2.33. The molecule has 0 aliphatic rings. The van der Waals surface area contributed by atoms with Crippen LogP contribution in [-0.4, -0.2) is 17.7 Å². The number of quaternary nitrogens is 1. The van der Waals surface area contributed by atoms with Crippen LogP contribution in [-0.2, 0) is 4.79 Å². The second-order valence-corrected chi connectivity index (χ2v) is 1.43. The third kappa shape index (κ3) is 2.46. The van der Waals surface area contributed by atoms with E-state index in [0.717, 1.165) is 0 Å². The number of amides is 1. The van der Waals surface area contributed by atoms with Gasteiger partial charge in [-0.1, -0.05) is 6.58 Å². The van der Waals surface area contributed by atoms with Crippen molar-refractivity contribution in [3.63, 3.8) is 0 Å². The third-order valence-corrected chi connectivity index (χ3v) is 0.593. The Labute approximate surface area is 47.3 Å². The van der Waals surface area contributed by atoms with E-state index in [-0.39, 0.29) is 13.0 Å². The van der Waals surface area contributed by atoms with Crippen molar-refractivity contribution in [1.29, 1.82) is 0 Å². The summed E-state index contributed by atoms with van der Waals surface area (Å²) >= 11 is 0. The first-order chi connectivity index (χ1) is 3.62. The molecule has 1 amide bonds. The van der Waals surface area contributed by atoms with Gasteiger partial charge < -0.3 is 5.21 Å². The molecule has 8 heavy (non-hydrogen) atoms. The van der Waals surface area contributed by atoms with Gasteiger partial charge in [0.2, 0.25) is 0 Å². The minimum absolute atomic E-state index is 0.0799. The minimum Gasteiger partial charge on any atom is -0.604 e. The van der Waals surface area contributed by atoms with E-state index in [4.69, 9.17) is 5.84 Å². The SMILES string of the molecule is C=CC[N+](N)([O-])C=O. The Bertz CT molecular complexity index is 100. The molecule has 0 fully saturated rings. The molecule has 0 saturated carbocycles. The maximum Gasteiger partial charge on any atom is 0.320 e. The van der Waals surface area contributed by atoms with Gasteiger partial charge in [0.25, 0.3) is 0 Å². The lowest BCUT2D eigenvalue weighted by atomic mass is 10.6. The van der Waals surface area contributed by atoms with Gasteiger partial charge in [0.1, 0.15) is 6.54 Å². The van der Waals surface area contributed by atoms with Gasteiger partial charge in [-0.05, 0) is 6.08 Å². The molecule has 0 bridgehead atoms. The van der Waals surface area contributed by atoms with E-state index >= 15 is 0 Å². The highest BCUT2D eigenvalue weighted by atomic mass is 16.6. The van der Waals surface area contributed by atoms with Gasteiger partial charge in [-0.3, -0.25) is 0 Å². The molecule has 0 saturated heterocycles. The van der Waals surface area contributed by atoms with Crippen molar-refractivity contribution in [2.24, 2.45) is 5.84 Å². The molecule has 0 spiro atoms. The molecule has 0 radical (unpaired) electrons. The molecule has 4 nitrogen and oxygen atoms in total. The summed E-state index contributed by atoms with van der Waals surface area (Å²) in [6, 6.07) is 0. The molecule has 1 unspecified atom stereocenters. The Morgan fingerprint density at radius 2 is 2.38 bits per heavy atom. The molecule has 0 aliphatic carbocycles. The summed E-state index contributed by atoms with van der Waals surface area (Å²) in [4.78, 5) is 9.70. The van der Waals surface area contributed by atoms with Gasteiger partial charge in [0, 0.05) is 0 Å². The summed E-state index contributed by atoms with van der Waals surface area (Å²) in [5, 5.41) is 10.3. The van der Waals surface area contributed by atoms with Crippen LogP contribution in [0.1, 0.15) is 0 Å². The van der Waals surface area contributed by atoms with E-state index in [9.17, 15) is 10.0 Å². The molecule has 1 atom stereocenters. The Morgan fingerprint density at radius 3 is 2.50 bits per heavy atom. The first-order valence-corrected chi connectivity index (χ1v) is 2.07. The first kappa shape index (κ1) is 7.29. The average Bonchev–Trinajstić information content (AvgIpc) is 1.67. The van der Waals surface area contributed by atoms with Crippen molar-refractivity contribution < 1.29 is 9.55 Å². The largest absolute Gasteiger partial charge is 0.604 e. The summed E-state index contributed by atoms with van der Waals surface area (Å²) in [6.07, 6.45) is 1.41. The fourth-order valence-corrected chi connectivity index (χ4v) is 0.245. The quantitative estimate of drug-likeness (QED) is 0.135. The Hall–Kier alpha value is -0.710. The van der Waals surface area contributed by atoms with Crippen molar-refractivity contribution in [2.45, 2.75) is 0 Å². The predicted molar refractivity (Wildman–Crippen MR) is 28.9 cm³/mol. The molecule has 4 heteroatoms. The molecular weight excluding hydrogens is 108 g/mol. The molecule has 0 heterocycles. The van der Waals surface area contributed by atoms with Crippen LogP contribution in [0, 0.1) is 5.21 Å². The second-order valence-electron chi connectivity index (χ2n) is 1.43. The zero-order valence-electron chi connectivity index (χ0n) is 4.41. The van der Waals surface area contributed by atoms with E-state index in [2.05, 4.69) is 6.58 Å². The zero-order valence-corrected chi connectivity index (χ0v) is 4.41. The number of nitrogens with zero attached hydrogens (tertiary/aromatic N) is 1. The van der Waals surface area contributed by atoms with Crippen molar-refractivity contribution in [1.82, 2.24) is 0 Å². The number of carbonyl (C=O) groups is 1. The van der Waals surface area contributed by atoms with E-state index in [1.54, 1.807) is 0 Å². The summed E-state index contributed by atoms with van der Waals surface area (Å²) in [6.45, 7) is 3.16. The van der Waals surface area contributed by atoms with Gasteiger partial charge in [0.15, 0.2) is 0 Å². The number of rotatable bonds is 3. The van der Waals surface area contributed by atoms with Crippen LogP contribution >= 0.6 is 0 Å². The maximum atomic E-state index is 10.3. The number of hydroxylamine groups is 2. The monoisotopic (exact) mass is 116 g/mol. The fourth-order valence-electron chi connectivity index (χ4n) is 0.245. The molecule has 0 aromatic heterocycles. The summed E-state index contributed by atoms with van der Waals surface area (Å²) < 4.78 is -1.39. The molecule has 46 valence electrons. The van der Waals surface area contributed by atoms with Gasteiger partial charge >= 0.3 is 6.41 Å². The zero-order chi connectivity index (χ0) is 6.62. The highest BCUT2D eigenvalue weighted by Crippen LogP contribution is 1.85. The molecule has 0 aliphatic heterocycles. The standard InChI is InChI=1S/C4H8N2O2/c1-2-3-6(5,8)4-7/h2,4H,1,3,5H2. The predicted octanol–water partition coefficient (Wildman–Crippen LogP) is -0.483. The van der Waals surface area contributed by atoms with Crippen LogP contribution in [0.25, 0.3) is 0 Å². The average molecular weight is 116 g/mol. The van der Waals surface area contributed by atoms with Crippen LogP contribution in [0.3, 0.4) is 0 Å².